The van der Waals surface area contributed by atoms with Crippen LogP contribution in [0.5, 0.6) is 0 Å². The number of rotatable bonds is 7. The minimum absolute atomic E-state index is 0.488. The molecule has 0 heterocycles. The van der Waals surface area contributed by atoms with Crippen LogP contribution in [0.3, 0.4) is 0 Å². The van der Waals surface area contributed by atoms with Gasteiger partial charge in [0.15, 0.2) is 0 Å². The summed E-state index contributed by atoms with van der Waals surface area (Å²) in [6, 6.07) is 0. The van der Waals surface area contributed by atoms with Gasteiger partial charge in [0.25, 0.3) is 5.95 Å². The highest BCUT2D eigenvalue weighted by molar-refractivity contribution is 6.70. The molecule has 18 heavy (non-hydrogen) atoms. The maximum atomic E-state index is 5.84. The Bertz CT molecular complexity index is 314. The van der Waals surface area contributed by atoms with E-state index in [9.17, 15) is 0 Å². The van der Waals surface area contributed by atoms with Gasteiger partial charge in [-0.15, -0.1) is 0 Å². The van der Waals surface area contributed by atoms with Crippen LogP contribution in [0, 0.1) is 0 Å². The van der Waals surface area contributed by atoms with Gasteiger partial charge in [0, 0.05) is 5.54 Å². The molecule has 0 fully saturated rings. The molecule has 6 heteroatoms. The fourth-order valence-corrected chi connectivity index (χ4v) is 2.83. The first-order chi connectivity index (χ1) is 8.07. The lowest BCUT2D eigenvalue weighted by Crippen LogP contribution is -2.27. The highest BCUT2D eigenvalue weighted by Gasteiger charge is 2.21. The number of hydrogen-bond donors (Lipinski definition) is 0. The molecule has 0 unspecified atom stereocenters. The summed E-state index contributed by atoms with van der Waals surface area (Å²) in [6.07, 6.45) is 1.73. The van der Waals surface area contributed by atoms with Crippen LogP contribution in [0.1, 0.15) is 6.92 Å². The fraction of sp³-hybridized carbons (Fsp3) is 0.667. The highest BCUT2D eigenvalue weighted by atomic mass is 35.5. The molecule has 0 atom stereocenters. The third-order valence-electron chi connectivity index (χ3n) is 1.49. The number of halogens is 1. The van der Waals surface area contributed by atoms with E-state index < -0.39 is 16.6 Å². The Morgan fingerprint density at radius 1 is 1.00 bits per heavy atom. The molecule has 3 nitrogen and oxygen atoms in total. The van der Waals surface area contributed by atoms with Gasteiger partial charge in [-0.25, -0.2) is 0 Å². The van der Waals surface area contributed by atoms with E-state index in [1.807, 2.05) is 6.92 Å². The van der Waals surface area contributed by atoms with Crippen LogP contribution in [0.15, 0.2) is 23.3 Å². The van der Waals surface area contributed by atoms with E-state index in [1.165, 1.54) is 5.54 Å². The molecule has 106 valence electrons. The van der Waals surface area contributed by atoms with Crippen molar-refractivity contribution in [3.05, 3.63) is 23.3 Å². The Hall–Kier alpha value is -0.396. The van der Waals surface area contributed by atoms with Crippen LogP contribution >= 0.6 is 11.6 Å². The normalized spacial score (nSPS) is 14.4. The van der Waals surface area contributed by atoms with Crippen molar-refractivity contribution in [1.29, 1.82) is 0 Å². The van der Waals surface area contributed by atoms with Crippen molar-refractivity contribution >= 4 is 28.2 Å². The molecule has 0 spiro atoms. The molecule has 0 saturated heterocycles. The predicted octanol–water partition coefficient (Wildman–Crippen LogP) is 4.65. The van der Waals surface area contributed by atoms with Crippen LogP contribution < -0.4 is 0 Å². The number of hydrogen-bond acceptors (Lipinski definition) is 3. The highest BCUT2D eigenvalue weighted by Crippen LogP contribution is 2.18. The zero-order valence-electron chi connectivity index (χ0n) is 12.5. The summed E-state index contributed by atoms with van der Waals surface area (Å²) in [5, 5.41) is 0. The molecular formula is C12H25ClO3Si2. The van der Waals surface area contributed by atoms with Crippen LogP contribution in [-0.4, -0.2) is 23.2 Å². The first kappa shape index (κ1) is 17.6. The van der Waals surface area contributed by atoms with Gasteiger partial charge in [0.05, 0.1) is 12.7 Å². The smallest absolute Gasteiger partial charge is 0.269 e. The van der Waals surface area contributed by atoms with E-state index in [1.54, 1.807) is 6.08 Å². The Morgan fingerprint density at radius 2 is 1.50 bits per heavy atom. The topological polar surface area (TPSA) is 27.7 Å². The van der Waals surface area contributed by atoms with Crippen molar-refractivity contribution in [2.24, 2.45) is 0 Å². The molecule has 0 aliphatic carbocycles. The fourth-order valence-electron chi connectivity index (χ4n) is 1.10. The molecule has 0 aliphatic rings. The SMILES string of the molecule is CCO/C(=C\C(=C/Cl)O[Si](C)(C)C)O[Si](C)(C)C. The van der Waals surface area contributed by atoms with Crippen molar-refractivity contribution in [2.75, 3.05) is 6.61 Å². The average molecular weight is 309 g/mol. The summed E-state index contributed by atoms with van der Waals surface area (Å²) in [5.41, 5.74) is 1.42. The molecule has 0 saturated carbocycles. The maximum absolute atomic E-state index is 5.84. The van der Waals surface area contributed by atoms with E-state index in [0.29, 0.717) is 18.3 Å². The van der Waals surface area contributed by atoms with E-state index >= 15 is 0 Å². The zero-order chi connectivity index (χ0) is 14.4. The van der Waals surface area contributed by atoms with Gasteiger partial charge < -0.3 is 13.6 Å². The Balaban J connectivity index is 4.91. The van der Waals surface area contributed by atoms with E-state index in [-0.39, 0.29) is 0 Å². The first-order valence-corrected chi connectivity index (χ1v) is 13.4. The van der Waals surface area contributed by atoms with Gasteiger partial charge in [-0.1, -0.05) is 11.6 Å². The summed E-state index contributed by atoms with van der Waals surface area (Å²) in [4.78, 5) is 0. The van der Waals surface area contributed by atoms with Gasteiger partial charge in [-0.2, -0.15) is 0 Å². The third kappa shape index (κ3) is 9.62. The van der Waals surface area contributed by atoms with Crippen molar-refractivity contribution in [3.63, 3.8) is 0 Å². The summed E-state index contributed by atoms with van der Waals surface area (Å²) in [7, 11) is -3.39. The molecular weight excluding hydrogens is 284 g/mol. The summed E-state index contributed by atoms with van der Waals surface area (Å²) in [5.74, 6) is 1.08. The molecule has 0 aromatic carbocycles. The Kier molecular flexibility index (Phi) is 7.10. The van der Waals surface area contributed by atoms with Crippen LogP contribution in [-0.2, 0) is 13.6 Å². The van der Waals surface area contributed by atoms with Crippen molar-refractivity contribution in [2.45, 2.75) is 46.2 Å². The van der Waals surface area contributed by atoms with Crippen LogP contribution in [0.25, 0.3) is 0 Å². The van der Waals surface area contributed by atoms with Crippen molar-refractivity contribution < 1.29 is 13.6 Å². The van der Waals surface area contributed by atoms with Gasteiger partial charge in [0.2, 0.25) is 16.6 Å². The van der Waals surface area contributed by atoms with Crippen LogP contribution in [0.4, 0.5) is 0 Å². The second-order valence-corrected chi connectivity index (χ2v) is 14.9. The number of ether oxygens (including phenoxy) is 1. The van der Waals surface area contributed by atoms with Crippen molar-refractivity contribution in [3.8, 4) is 0 Å². The summed E-state index contributed by atoms with van der Waals surface area (Å²) >= 11 is 5.78. The van der Waals surface area contributed by atoms with E-state index in [4.69, 9.17) is 25.2 Å². The summed E-state index contributed by atoms with van der Waals surface area (Å²) < 4.78 is 17.1. The maximum Gasteiger partial charge on any atom is 0.269 e. The van der Waals surface area contributed by atoms with Gasteiger partial charge >= 0.3 is 0 Å². The first-order valence-electron chi connectivity index (χ1n) is 6.10. The molecule has 0 bridgehead atoms. The molecule has 0 aromatic rings. The molecule has 0 aliphatic heterocycles. The predicted molar refractivity (Wildman–Crippen MR) is 82.5 cm³/mol. The minimum Gasteiger partial charge on any atom is -0.544 e. The van der Waals surface area contributed by atoms with Gasteiger partial charge in [-0.05, 0) is 46.2 Å². The molecule has 0 aromatic heterocycles. The molecule has 0 rings (SSSR count). The lowest BCUT2D eigenvalue weighted by molar-refractivity contribution is 0.111. The monoisotopic (exact) mass is 308 g/mol. The van der Waals surface area contributed by atoms with Crippen molar-refractivity contribution in [1.82, 2.24) is 0 Å². The quantitative estimate of drug-likeness (QED) is 0.389. The molecule has 0 amide bonds. The zero-order valence-corrected chi connectivity index (χ0v) is 15.2. The average Bonchev–Trinajstić information content (AvgIpc) is 2.12. The van der Waals surface area contributed by atoms with Gasteiger partial charge in [0.1, 0.15) is 5.76 Å². The standard InChI is InChI=1S/C12H25ClO3Si2/c1-8-14-12(16-18(5,6)7)9-11(10-13)15-17(2,3)4/h9-10H,8H2,1-7H3/b11-10+,12-9+. The summed E-state index contributed by atoms with van der Waals surface area (Å²) in [6.45, 7) is 15.1. The number of allylic oxidation sites excluding steroid dienone is 1. The van der Waals surface area contributed by atoms with E-state index in [2.05, 4.69) is 39.3 Å². The second-order valence-electron chi connectivity index (χ2n) is 5.84. The second kappa shape index (κ2) is 7.26. The molecule has 0 N–H and O–H groups in total. The Labute approximate surface area is 118 Å². The lowest BCUT2D eigenvalue weighted by Gasteiger charge is -2.23. The Morgan fingerprint density at radius 3 is 1.83 bits per heavy atom. The largest absolute Gasteiger partial charge is 0.544 e. The van der Waals surface area contributed by atoms with Crippen LogP contribution in [0.2, 0.25) is 39.3 Å². The third-order valence-corrected chi connectivity index (χ3v) is 3.36. The van der Waals surface area contributed by atoms with E-state index in [0.717, 1.165) is 0 Å². The molecule has 0 radical (unpaired) electrons. The lowest BCUT2D eigenvalue weighted by atomic mass is 10.5. The van der Waals surface area contributed by atoms with Gasteiger partial charge in [-0.3, -0.25) is 0 Å². The minimum atomic E-state index is -1.70.